The number of halogens is 1. The Balaban J connectivity index is 3.16. The van der Waals surface area contributed by atoms with Crippen LogP contribution < -0.4 is 17.1 Å². The van der Waals surface area contributed by atoms with Crippen molar-refractivity contribution < 1.29 is 0 Å². The molecule has 0 aliphatic heterocycles. The van der Waals surface area contributed by atoms with Crippen molar-refractivity contribution in [1.29, 1.82) is 0 Å². The third-order valence-electron chi connectivity index (χ3n) is 0.376. The normalized spacial score (nSPS) is 15.1. The number of rotatable bonds is 2. The first kappa shape index (κ1) is 6.68. The van der Waals surface area contributed by atoms with E-state index in [1.807, 2.05) is 0 Å². The number of hydrazine groups is 1. The SMILES string of the molecule is N/N=C\C(Cl)NN. The quantitative estimate of drug-likeness (QED) is 0.144. The van der Waals surface area contributed by atoms with E-state index in [1.54, 1.807) is 0 Å². The predicted molar refractivity (Wildman–Crippen MR) is 29.6 cm³/mol. The van der Waals surface area contributed by atoms with Crippen molar-refractivity contribution in [3.8, 4) is 0 Å². The first-order valence-electron chi connectivity index (χ1n) is 1.65. The maximum absolute atomic E-state index is 5.30. The lowest BCUT2D eigenvalue weighted by Crippen LogP contribution is -2.31. The Morgan fingerprint density at radius 1 is 1.86 bits per heavy atom. The van der Waals surface area contributed by atoms with Gasteiger partial charge in [-0.2, -0.15) is 5.10 Å². The summed E-state index contributed by atoms with van der Waals surface area (Å²) in [5.41, 5.74) is 1.73. The van der Waals surface area contributed by atoms with Crippen LogP contribution in [-0.4, -0.2) is 11.7 Å². The van der Waals surface area contributed by atoms with Crippen LogP contribution in [0, 0.1) is 0 Å². The lowest BCUT2D eigenvalue weighted by molar-refractivity contribution is 0.803. The van der Waals surface area contributed by atoms with Gasteiger partial charge in [-0.25, -0.2) is 5.43 Å². The van der Waals surface area contributed by atoms with Crippen LogP contribution in [0.15, 0.2) is 5.10 Å². The highest BCUT2D eigenvalue weighted by Gasteiger charge is 1.89. The van der Waals surface area contributed by atoms with E-state index in [4.69, 9.17) is 23.3 Å². The van der Waals surface area contributed by atoms with E-state index < -0.39 is 5.50 Å². The second-order valence-electron chi connectivity index (χ2n) is 0.867. The summed E-state index contributed by atoms with van der Waals surface area (Å²) >= 11 is 5.30. The first-order chi connectivity index (χ1) is 3.31. The van der Waals surface area contributed by atoms with Crippen molar-refractivity contribution in [3.05, 3.63) is 0 Å². The van der Waals surface area contributed by atoms with Crippen LogP contribution in [0.2, 0.25) is 0 Å². The third kappa shape index (κ3) is 3.51. The van der Waals surface area contributed by atoms with Gasteiger partial charge >= 0.3 is 0 Å². The molecule has 1 unspecified atom stereocenters. The van der Waals surface area contributed by atoms with Gasteiger partial charge in [-0.15, -0.1) is 0 Å². The molecule has 0 radical (unpaired) electrons. The molecule has 5 heteroatoms. The van der Waals surface area contributed by atoms with Crippen LogP contribution in [0.1, 0.15) is 0 Å². The van der Waals surface area contributed by atoms with Crippen LogP contribution in [0.3, 0.4) is 0 Å². The summed E-state index contributed by atoms with van der Waals surface area (Å²) in [5.74, 6) is 9.52. The van der Waals surface area contributed by atoms with E-state index in [9.17, 15) is 0 Å². The Bertz CT molecular complexity index is 62.7. The van der Waals surface area contributed by atoms with Crippen LogP contribution in [-0.2, 0) is 0 Å². The van der Waals surface area contributed by atoms with Crippen molar-refractivity contribution in [2.24, 2.45) is 16.8 Å². The molecule has 0 aromatic carbocycles. The number of hydrogen-bond acceptors (Lipinski definition) is 4. The smallest absolute Gasteiger partial charge is 0.132 e. The van der Waals surface area contributed by atoms with E-state index in [1.165, 1.54) is 6.21 Å². The molecule has 0 rings (SSSR count). The molecule has 0 aromatic heterocycles. The molecule has 0 bridgehead atoms. The highest BCUT2D eigenvalue weighted by molar-refractivity contribution is 6.27. The van der Waals surface area contributed by atoms with Crippen LogP contribution in [0.4, 0.5) is 0 Å². The Morgan fingerprint density at radius 2 is 2.43 bits per heavy atom. The highest BCUT2D eigenvalue weighted by Crippen LogP contribution is 1.78. The molecule has 0 amide bonds. The zero-order chi connectivity index (χ0) is 5.70. The lowest BCUT2D eigenvalue weighted by atomic mass is 10.7. The van der Waals surface area contributed by atoms with Crippen LogP contribution in [0.5, 0.6) is 0 Å². The maximum Gasteiger partial charge on any atom is 0.132 e. The molecule has 5 N–H and O–H groups in total. The summed E-state index contributed by atoms with van der Waals surface area (Å²) in [6.45, 7) is 0. The number of nitrogens with zero attached hydrogens (tertiary/aromatic N) is 1. The Morgan fingerprint density at radius 3 is 2.57 bits per heavy atom. The van der Waals surface area contributed by atoms with E-state index in [2.05, 4.69) is 10.5 Å². The van der Waals surface area contributed by atoms with Gasteiger partial charge < -0.3 is 5.84 Å². The second kappa shape index (κ2) is 3.86. The molecule has 0 saturated heterocycles. The van der Waals surface area contributed by atoms with Crippen molar-refractivity contribution >= 4 is 17.8 Å². The largest absolute Gasteiger partial charge is 0.324 e. The van der Waals surface area contributed by atoms with E-state index in [0.717, 1.165) is 0 Å². The molecule has 0 heterocycles. The summed E-state index contributed by atoms with van der Waals surface area (Å²) in [4.78, 5) is 0. The molecule has 0 aliphatic carbocycles. The molecule has 42 valence electrons. The summed E-state index contributed by atoms with van der Waals surface area (Å²) in [7, 11) is 0. The van der Waals surface area contributed by atoms with Gasteiger partial charge in [0.25, 0.3) is 0 Å². The number of nitrogens with one attached hydrogen (secondary N) is 1. The molecule has 0 saturated carbocycles. The number of hydrogen-bond donors (Lipinski definition) is 3. The average Bonchev–Trinajstić information content (AvgIpc) is 1.68. The van der Waals surface area contributed by atoms with Gasteiger partial charge in [-0.05, 0) is 0 Å². The number of hydrazone groups is 1. The van der Waals surface area contributed by atoms with Gasteiger partial charge in [0, 0.05) is 0 Å². The Hall–Kier alpha value is -0.320. The second-order valence-corrected chi connectivity index (χ2v) is 1.34. The molecule has 0 spiro atoms. The maximum atomic E-state index is 5.30. The van der Waals surface area contributed by atoms with Gasteiger partial charge in [0.2, 0.25) is 0 Å². The Labute approximate surface area is 46.5 Å². The fourth-order valence-corrected chi connectivity index (χ4v) is 0.184. The third-order valence-corrected chi connectivity index (χ3v) is 0.615. The van der Waals surface area contributed by atoms with Crippen molar-refractivity contribution in [2.75, 3.05) is 0 Å². The molecular weight excluding hydrogens is 116 g/mol. The zero-order valence-corrected chi connectivity index (χ0v) is 4.39. The predicted octanol–water partition coefficient (Wildman–Crippen LogP) is -1.04. The van der Waals surface area contributed by atoms with Crippen molar-refractivity contribution in [2.45, 2.75) is 5.50 Å². The lowest BCUT2D eigenvalue weighted by Gasteiger charge is -1.95. The van der Waals surface area contributed by atoms with Crippen LogP contribution in [0.25, 0.3) is 0 Å². The van der Waals surface area contributed by atoms with E-state index in [0.29, 0.717) is 0 Å². The summed E-state index contributed by atoms with van der Waals surface area (Å²) < 4.78 is 0. The van der Waals surface area contributed by atoms with E-state index in [-0.39, 0.29) is 0 Å². The Kier molecular flexibility index (Phi) is 3.68. The van der Waals surface area contributed by atoms with E-state index >= 15 is 0 Å². The molecular formula is C2H7ClN4. The molecule has 0 fully saturated rings. The fourth-order valence-electron chi connectivity index (χ4n) is 0.119. The first-order valence-corrected chi connectivity index (χ1v) is 2.08. The van der Waals surface area contributed by atoms with Gasteiger partial charge in [0.1, 0.15) is 5.50 Å². The van der Waals surface area contributed by atoms with Gasteiger partial charge in [-0.3, -0.25) is 5.84 Å². The zero-order valence-electron chi connectivity index (χ0n) is 3.63. The van der Waals surface area contributed by atoms with Crippen molar-refractivity contribution in [1.82, 2.24) is 5.43 Å². The molecule has 0 aromatic rings. The standard InChI is InChI=1S/C2H7ClN4/c3-2(7-5)1-6-4/h1-2,7H,4-5H2/b6-1-. The minimum atomic E-state index is -0.468. The topological polar surface area (TPSA) is 76.4 Å². The molecule has 7 heavy (non-hydrogen) atoms. The molecule has 0 aliphatic rings. The van der Waals surface area contributed by atoms with Gasteiger partial charge in [0.05, 0.1) is 6.21 Å². The van der Waals surface area contributed by atoms with Crippen LogP contribution >= 0.6 is 11.6 Å². The molecule has 4 nitrogen and oxygen atoms in total. The van der Waals surface area contributed by atoms with Crippen molar-refractivity contribution in [3.63, 3.8) is 0 Å². The van der Waals surface area contributed by atoms with Gasteiger partial charge in [0.15, 0.2) is 0 Å². The average molecular weight is 123 g/mol. The fraction of sp³-hybridized carbons (Fsp3) is 0.500. The summed E-state index contributed by atoms with van der Waals surface area (Å²) in [6, 6.07) is 0. The minimum Gasteiger partial charge on any atom is -0.324 e. The number of alkyl halides is 1. The molecule has 1 atom stereocenters. The summed E-state index contributed by atoms with van der Waals surface area (Å²) in [5, 5.41) is 3.11. The summed E-state index contributed by atoms with van der Waals surface area (Å²) in [6.07, 6.45) is 1.28. The number of nitrogens with two attached hydrogens (primary N) is 2. The minimum absolute atomic E-state index is 0.468. The highest BCUT2D eigenvalue weighted by atomic mass is 35.5. The monoisotopic (exact) mass is 122 g/mol. The van der Waals surface area contributed by atoms with Gasteiger partial charge in [-0.1, -0.05) is 11.6 Å².